The minimum Gasteiger partial charge on any atom is -0.392 e. The Labute approximate surface area is 105 Å². The topological polar surface area (TPSA) is 38.7 Å². The van der Waals surface area contributed by atoms with Crippen LogP contribution in [0.4, 0.5) is 19.4 Å². The molecular formula is C8H11ClF5NO2S. The molecule has 2 unspecified atom stereocenters. The first-order chi connectivity index (χ1) is 7.75. The Morgan fingerprint density at radius 2 is 2.06 bits per heavy atom. The van der Waals surface area contributed by atoms with Crippen molar-refractivity contribution in [2.45, 2.75) is 31.2 Å². The van der Waals surface area contributed by atoms with Gasteiger partial charge in [-0.1, -0.05) is 24.6 Å². The van der Waals surface area contributed by atoms with E-state index < -0.39 is 33.9 Å². The van der Waals surface area contributed by atoms with Gasteiger partial charge in [0.05, 0.1) is 5.38 Å². The minimum absolute atomic E-state index is 0.0150. The maximum absolute atomic E-state index is 12.1. The minimum atomic E-state index is -9.52. The fourth-order valence-corrected chi connectivity index (χ4v) is 3.19. The molecule has 0 saturated heterocycles. The molecule has 0 aromatic heterocycles. The second-order valence-electron chi connectivity index (χ2n) is 4.15. The molecule has 1 heterocycles. The van der Waals surface area contributed by atoms with Crippen molar-refractivity contribution in [3.05, 3.63) is 0 Å². The van der Waals surface area contributed by atoms with E-state index in [1.165, 1.54) is 6.92 Å². The Kier molecular flexibility index (Phi) is 3.41. The molecule has 0 saturated carbocycles. The summed E-state index contributed by atoms with van der Waals surface area (Å²) >= 11 is 5.27. The molecule has 0 aromatic rings. The van der Waals surface area contributed by atoms with Gasteiger partial charge in [-0.3, -0.25) is 4.79 Å². The SMILES string of the molecule is CC(=O)C1=NOC(CC(Cl)CS(F)(F)(F)(F)F)C1. The summed E-state index contributed by atoms with van der Waals surface area (Å²) in [6.45, 7) is 1.22. The first kappa shape index (κ1) is 15.5. The number of halogens is 6. The highest BCUT2D eigenvalue weighted by molar-refractivity contribution is 8.45. The van der Waals surface area contributed by atoms with E-state index in [2.05, 4.69) is 9.99 Å². The molecular weight excluding hydrogens is 305 g/mol. The summed E-state index contributed by atoms with van der Waals surface area (Å²) in [6.07, 6.45) is -1.34. The number of alkyl halides is 1. The third-order valence-corrected chi connectivity index (χ3v) is 3.70. The van der Waals surface area contributed by atoms with E-state index in [4.69, 9.17) is 11.6 Å². The van der Waals surface area contributed by atoms with E-state index in [9.17, 15) is 24.2 Å². The number of ketones is 1. The molecule has 18 heavy (non-hydrogen) atoms. The highest BCUT2D eigenvalue weighted by Gasteiger charge is 2.64. The number of hydrogen-bond acceptors (Lipinski definition) is 3. The van der Waals surface area contributed by atoms with Gasteiger partial charge in [-0.05, 0) is 0 Å². The monoisotopic (exact) mass is 315 g/mol. The second kappa shape index (κ2) is 3.96. The van der Waals surface area contributed by atoms with Gasteiger partial charge in [0.2, 0.25) is 0 Å². The molecule has 0 aliphatic carbocycles. The van der Waals surface area contributed by atoms with Crippen LogP contribution in [0, 0.1) is 0 Å². The van der Waals surface area contributed by atoms with Gasteiger partial charge >= 0.3 is 0 Å². The lowest BCUT2D eigenvalue weighted by molar-refractivity contribution is -0.111. The molecule has 0 bridgehead atoms. The van der Waals surface area contributed by atoms with Crippen molar-refractivity contribution in [1.29, 1.82) is 0 Å². The van der Waals surface area contributed by atoms with Crippen LogP contribution >= 0.6 is 21.8 Å². The van der Waals surface area contributed by atoms with Gasteiger partial charge in [-0.25, -0.2) is 0 Å². The number of rotatable bonds is 5. The molecule has 10 heteroatoms. The van der Waals surface area contributed by atoms with Crippen LogP contribution in [0.2, 0.25) is 0 Å². The van der Waals surface area contributed by atoms with Gasteiger partial charge in [0.1, 0.15) is 17.6 Å². The molecule has 0 radical (unpaired) electrons. The third kappa shape index (κ3) is 5.85. The summed E-state index contributed by atoms with van der Waals surface area (Å²) < 4.78 is 60.7. The van der Waals surface area contributed by atoms with Gasteiger partial charge in [0.25, 0.3) is 10.2 Å². The van der Waals surface area contributed by atoms with Crippen LogP contribution in [-0.4, -0.2) is 28.7 Å². The average Bonchev–Trinajstić information content (AvgIpc) is 2.45. The van der Waals surface area contributed by atoms with Crippen molar-refractivity contribution in [2.24, 2.45) is 5.16 Å². The summed E-state index contributed by atoms with van der Waals surface area (Å²) in [4.78, 5) is 15.5. The van der Waals surface area contributed by atoms with Crippen molar-refractivity contribution < 1.29 is 29.1 Å². The predicted molar refractivity (Wildman–Crippen MR) is 59.9 cm³/mol. The summed E-state index contributed by atoms with van der Waals surface area (Å²) in [5.74, 6) is -2.73. The number of hydrogen-bond donors (Lipinski definition) is 0. The number of carbonyl (C=O) groups excluding carboxylic acids is 1. The zero-order valence-corrected chi connectivity index (χ0v) is 10.8. The summed E-state index contributed by atoms with van der Waals surface area (Å²) in [5, 5.41) is 1.54. The van der Waals surface area contributed by atoms with E-state index in [0.29, 0.717) is 0 Å². The lowest BCUT2D eigenvalue weighted by Gasteiger charge is -2.41. The maximum Gasteiger partial charge on any atom is 0.287 e. The normalized spacial score (nSPS) is 25.7. The molecule has 0 aromatic carbocycles. The van der Waals surface area contributed by atoms with E-state index >= 15 is 0 Å². The highest BCUT2D eigenvalue weighted by Crippen LogP contribution is 2.98. The van der Waals surface area contributed by atoms with Crippen molar-refractivity contribution in [3.63, 3.8) is 0 Å². The molecule has 1 aliphatic heterocycles. The van der Waals surface area contributed by atoms with E-state index in [-0.39, 0.29) is 17.9 Å². The molecule has 1 aliphatic rings. The summed E-state index contributed by atoms with van der Waals surface area (Å²) in [5.41, 5.74) is 0.0659. The molecule has 3 nitrogen and oxygen atoms in total. The maximum atomic E-state index is 12.1. The van der Waals surface area contributed by atoms with Crippen molar-refractivity contribution in [3.8, 4) is 0 Å². The molecule has 108 valence electrons. The Morgan fingerprint density at radius 3 is 2.44 bits per heavy atom. The number of carbonyl (C=O) groups is 1. The molecule has 0 amide bonds. The molecule has 2 atom stereocenters. The van der Waals surface area contributed by atoms with E-state index in [1.54, 1.807) is 0 Å². The van der Waals surface area contributed by atoms with Crippen molar-refractivity contribution in [1.82, 2.24) is 0 Å². The predicted octanol–water partition coefficient (Wildman–Crippen LogP) is 4.02. The first-order valence-electron chi connectivity index (χ1n) is 4.86. The number of nitrogens with zero attached hydrogens (tertiary/aromatic N) is 1. The largest absolute Gasteiger partial charge is 0.392 e. The van der Waals surface area contributed by atoms with Gasteiger partial charge in [-0.2, -0.15) is 0 Å². The van der Waals surface area contributed by atoms with Crippen molar-refractivity contribution >= 4 is 33.3 Å². The quantitative estimate of drug-likeness (QED) is 0.568. The third-order valence-electron chi connectivity index (χ3n) is 2.15. The van der Waals surface area contributed by atoms with Crippen LogP contribution in [-0.2, 0) is 9.63 Å². The standard InChI is InChI=1S/C8H11ClF5NO2S/c1-5(16)8-3-7(17-15-8)2-6(9)4-18(10,11,12,13)14/h6-7H,2-4H2,1H3. The van der Waals surface area contributed by atoms with E-state index in [1.807, 2.05) is 0 Å². The lowest BCUT2D eigenvalue weighted by Crippen LogP contribution is -2.24. The van der Waals surface area contributed by atoms with Crippen LogP contribution in [0.15, 0.2) is 5.16 Å². The summed E-state index contributed by atoms with van der Waals surface area (Å²) in [7, 11) is -9.52. The van der Waals surface area contributed by atoms with Gasteiger partial charge in [0.15, 0.2) is 5.78 Å². The van der Waals surface area contributed by atoms with Gasteiger partial charge < -0.3 is 4.84 Å². The Bertz CT molecular complexity index is 395. The van der Waals surface area contributed by atoms with Gasteiger partial charge in [-0.15, -0.1) is 11.6 Å². The molecule has 0 N–H and O–H groups in total. The highest BCUT2D eigenvalue weighted by atomic mass is 35.5. The lowest BCUT2D eigenvalue weighted by atomic mass is 10.1. The van der Waals surface area contributed by atoms with Crippen molar-refractivity contribution in [2.75, 3.05) is 5.75 Å². The van der Waals surface area contributed by atoms with Gasteiger partial charge in [0, 0.05) is 19.8 Å². The Morgan fingerprint density at radius 1 is 1.50 bits per heavy atom. The number of oxime groups is 1. The Hall–Kier alpha value is -0.570. The summed E-state index contributed by atoms with van der Waals surface area (Å²) in [6, 6.07) is 0. The van der Waals surface area contributed by atoms with Crippen LogP contribution in [0.3, 0.4) is 0 Å². The van der Waals surface area contributed by atoms with Crippen LogP contribution in [0.1, 0.15) is 19.8 Å². The molecule has 0 fully saturated rings. The fourth-order valence-electron chi connectivity index (χ4n) is 1.46. The zero-order valence-electron chi connectivity index (χ0n) is 9.22. The number of Topliss-reactive ketones (excluding diaryl/α,β-unsaturated/α-hetero) is 1. The average molecular weight is 316 g/mol. The smallest absolute Gasteiger partial charge is 0.287 e. The van der Waals surface area contributed by atoms with Crippen LogP contribution in [0.25, 0.3) is 0 Å². The Balaban J connectivity index is 2.50. The first-order valence-corrected chi connectivity index (χ1v) is 7.42. The molecule has 1 rings (SSSR count). The fraction of sp³-hybridized carbons (Fsp3) is 0.750. The van der Waals surface area contributed by atoms with Crippen LogP contribution < -0.4 is 0 Å². The van der Waals surface area contributed by atoms with E-state index in [0.717, 1.165) is 0 Å². The second-order valence-corrected chi connectivity index (χ2v) is 7.36. The zero-order chi connectivity index (χ0) is 14.3. The van der Waals surface area contributed by atoms with Crippen LogP contribution in [0.5, 0.6) is 0 Å². The molecule has 0 spiro atoms.